The predicted octanol–water partition coefficient (Wildman–Crippen LogP) is 5.33. The van der Waals surface area contributed by atoms with Gasteiger partial charge in [0.2, 0.25) is 0 Å². The number of fused-ring (bicyclic) bond motifs is 1. The van der Waals surface area contributed by atoms with Crippen LogP contribution in [0.15, 0.2) is 42.5 Å². The van der Waals surface area contributed by atoms with E-state index in [-0.39, 0.29) is 12.1 Å². The van der Waals surface area contributed by atoms with E-state index in [4.69, 9.17) is 10.6 Å². The molecule has 7 heteroatoms. The van der Waals surface area contributed by atoms with Crippen molar-refractivity contribution in [2.45, 2.75) is 47.1 Å². The maximum absolute atomic E-state index is 12.1. The fourth-order valence-corrected chi connectivity index (χ4v) is 3.34. The normalized spacial score (nSPS) is 10.3. The van der Waals surface area contributed by atoms with Crippen molar-refractivity contribution >= 4 is 22.6 Å². The highest BCUT2D eigenvalue weighted by Crippen LogP contribution is 2.35. The summed E-state index contributed by atoms with van der Waals surface area (Å²) in [5.41, 5.74) is 3.74. The molecule has 0 spiro atoms. The van der Waals surface area contributed by atoms with Crippen LogP contribution in [-0.2, 0) is 7.05 Å². The van der Waals surface area contributed by atoms with Crippen LogP contribution in [0.3, 0.4) is 0 Å². The number of ether oxygens (including phenoxy) is 1. The number of hydrazine groups is 1. The van der Waals surface area contributed by atoms with Crippen molar-refractivity contribution < 1.29 is 9.53 Å². The van der Waals surface area contributed by atoms with Gasteiger partial charge in [-0.2, -0.15) is 5.26 Å². The van der Waals surface area contributed by atoms with E-state index in [9.17, 15) is 10.1 Å². The summed E-state index contributed by atoms with van der Waals surface area (Å²) in [6, 6.07) is 14.9. The average Bonchev–Trinajstić information content (AvgIpc) is 3.05. The largest absolute Gasteiger partial charge is 0.494 e. The molecule has 0 atom stereocenters. The lowest BCUT2D eigenvalue weighted by atomic mass is 10.1. The molecule has 0 bridgehead atoms. The number of anilines is 1. The Morgan fingerprint density at radius 2 is 1.81 bits per heavy atom. The first-order valence-electron chi connectivity index (χ1n) is 10.9. The molecule has 170 valence electrons. The lowest BCUT2D eigenvalue weighted by Crippen LogP contribution is -2.47. The highest BCUT2D eigenvalue weighted by Gasteiger charge is 2.18. The molecule has 0 aliphatic carbocycles. The number of nitrogens with zero attached hydrogens (tertiary/aromatic N) is 3. The van der Waals surface area contributed by atoms with Crippen LogP contribution < -0.4 is 20.9 Å². The third kappa shape index (κ3) is 5.40. The van der Waals surface area contributed by atoms with Crippen molar-refractivity contribution in [2.75, 3.05) is 11.6 Å². The molecule has 0 saturated carbocycles. The first-order valence-corrected chi connectivity index (χ1v) is 10.9. The maximum Gasteiger partial charge on any atom is 0.336 e. The second-order valence-corrected chi connectivity index (χ2v) is 7.73. The van der Waals surface area contributed by atoms with Crippen LogP contribution in [-0.4, -0.2) is 23.2 Å². The quantitative estimate of drug-likeness (QED) is 0.322. The van der Waals surface area contributed by atoms with Crippen molar-refractivity contribution in [3.8, 4) is 23.1 Å². The Labute approximate surface area is 190 Å². The number of nitriles is 1. The Kier molecular flexibility index (Phi) is 8.68. The van der Waals surface area contributed by atoms with Gasteiger partial charge in [0.05, 0.1) is 29.1 Å². The smallest absolute Gasteiger partial charge is 0.336 e. The van der Waals surface area contributed by atoms with Crippen molar-refractivity contribution in [3.63, 3.8) is 0 Å². The molecule has 3 N–H and O–H groups in total. The van der Waals surface area contributed by atoms with E-state index in [0.29, 0.717) is 17.9 Å². The Morgan fingerprint density at radius 3 is 2.34 bits per heavy atom. The van der Waals surface area contributed by atoms with Gasteiger partial charge in [0, 0.05) is 24.5 Å². The molecule has 0 unspecified atom stereocenters. The van der Waals surface area contributed by atoms with Crippen LogP contribution in [0, 0.1) is 11.3 Å². The Balaban J connectivity index is 0.00000114. The molecule has 1 heterocycles. The van der Waals surface area contributed by atoms with Gasteiger partial charge in [-0.3, -0.25) is 0 Å². The standard InChI is InChI=1S/C22H25N5O2.C3H8/c1-5-29-17-10-11-18-19(13-23)21(26(4)20(18)12-17)15-6-8-16(9-7-15)27(24)22(28)25-14(2)3;1-3-2/h6-12,14H,5,24H2,1-4H3,(H,25,28);3H2,1-2H3. The molecule has 2 amide bonds. The maximum atomic E-state index is 12.1. The topological polar surface area (TPSA) is 96.3 Å². The van der Waals surface area contributed by atoms with Crippen LogP contribution in [0.2, 0.25) is 0 Å². The van der Waals surface area contributed by atoms with Gasteiger partial charge in [-0.05, 0) is 50.6 Å². The number of rotatable bonds is 5. The molecule has 0 radical (unpaired) electrons. The minimum absolute atomic E-state index is 0.0108. The lowest BCUT2D eigenvalue weighted by molar-refractivity contribution is 0.244. The second-order valence-electron chi connectivity index (χ2n) is 7.73. The highest BCUT2D eigenvalue weighted by atomic mass is 16.5. The molecule has 3 rings (SSSR count). The monoisotopic (exact) mass is 435 g/mol. The van der Waals surface area contributed by atoms with Crippen molar-refractivity contribution in [1.29, 1.82) is 5.26 Å². The van der Waals surface area contributed by atoms with E-state index in [2.05, 4.69) is 25.2 Å². The lowest BCUT2D eigenvalue weighted by Gasteiger charge is -2.19. The zero-order valence-corrected chi connectivity index (χ0v) is 19.8. The number of amides is 2. The summed E-state index contributed by atoms with van der Waals surface area (Å²) in [5, 5.41) is 14.5. The Hall–Kier alpha value is -3.50. The molecular weight excluding hydrogens is 402 g/mol. The third-order valence-corrected chi connectivity index (χ3v) is 4.64. The zero-order valence-electron chi connectivity index (χ0n) is 19.8. The number of hydrogen-bond donors (Lipinski definition) is 2. The van der Waals surface area contributed by atoms with Crippen LogP contribution in [0.25, 0.3) is 22.2 Å². The SMILES string of the molecule is CCC.CCOc1ccc2c(C#N)c(-c3ccc(N(N)C(=O)NC(C)C)cc3)n(C)c2c1. The molecule has 7 nitrogen and oxygen atoms in total. The molecule has 0 saturated heterocycles. The van der Waals surface area contributed by atoms with Gasteiger partial charge in [0.15, 0.2) is 0 Å². The molecule has 0 aliphatic rings. The summed E-state index contributed by atoms with van der Waals surface area (Å²) in [5.74, 6) is 6.68. The fraction of sp³-hybridized carbons (Fsp3) is 0.360. The van der Waals surface area contributed by atoms with Crippen LogP contribution in [0.1, 0.15) is 46.6 Å². The highest BCUT2D eigenvalue weighted by molar-refractivity contribution is 5.96. The minimum Gasteiger partial charge on any atom is -0.494 e. The Morgan fingerprint density at radius 1 is 1.19 bits per heavy atom. The number of hydrogen-bond acceptors (Lipinski definition) is 4. The van der Waals surface area contributed by atoms with Gasteiger partial charge in [-0.1, -0.05) is 32.4 Å². The van der Waals surface area contributed by atoms with Crippen molar-refractivity contribution in [2.24, 2.45) is 12.9 Å². The van der Waals surface area contributed by atoms with Crippen molar-refractivity contribution in [3.05, 3.63) is 48.0 Å². The van der Waals surface area contributed by atoms with E-state index in [1.807, 2.05) is 62.7 Å². The van der Waals surface area contributed by atoms with Gasteiger partial charge < -0.3 is 14.6 Å². The fourth-order valence-electron chi connectivity index (χ4n) is 3.34. The molecule has 1 aromatic heterocycles. The van der Waals surface area contributed by atoms with Crippen molar-refractivity contribution in [1.82, 2.24) is 9.88 Å². The first-order chi connectivity index (χ1) is 15.3. The number of aromatic nitrogens is 1. The first kappa shape index (κ1) is 24.8. The summed E-state index contributed by atoms with van der Waals surface area (Å²) in [6.07, 6.45) is 1.25. The predicted molar refractivity (Wildman–Crippen MR) is 131 cm³/mol. The van der Waals surface area contributed by atoms with Crippen LogP contribution in [0.5, 0.6) is 5.75 Å². The Bertz CT molecular complexity index is 1090. The van der Waals surface area contributed by atoms with Gasteiger partial charge >= 0.3 is 6.03 Å². The van der Waals surface area contributed by atoms with Crippen LogP contribution in [0.4, 0.5) is 10.5 Å². The molecule has 32 heavy (non-hydrogen) atoms. The summed E-state index contributed by atoms with van der Waals surface area (Å²) in [7, 11) is 1.92. The number of nitrogens with two attached hydrogens (primary N) is 1. The number of aryl methyl sites for hydroxylation is 1. The van der Waals surface area contributed by atoms with Gasteiger partial charge in [0.1, 0.15) is 11.8 Å². The van der Waals surface area contributed by atoms with Crippen LogP contribution >= 0.6 is 0 Å². The molecule has 3 aromatic rings. The molecule has 2 aromatic carbocycles. The van der Waals surface area contributed by atoms with E-state index < -0.39 is 0 Å². The van der Waals surface area contributed by atoms with Gasteiger partial charge in [0.25, 0.3) is 0 Å². The molecular formula is C25H33N5O2. The number of urea groups is 1. The van der Waals surface area contributed by atoms with E-state index in [0.717, 1.165) is 32.9 Å². The zero-order chi connectivity index (χ0) is 23.8. The van der Waals surface area contributed by atoms with E-state index in [1.165, 1.54) is 6.42 Å². The second kappa shape index (κ2) is 11.2. The average molecular weight is 436 g/mol. The number of carbonyl (C=O) groups is 1. The number of carbonyl (C=O) groups excluding carboxylic acids is 1. The van der Waals surface area contributed by atoms with Gasteiger partial charge in [-0.15, -0.1) is 0 Å². The number of benzene rings is 2. The summed E-state index contributed by atoms with van der Waals surface area (Å²) in [4.78, 5) is 12.1. The molecule has 0 fully saturated rings. The summed E-state index contributed by atoms with van der Waals surface area (Å²) in [6.45, 7) is 10.5. The van der Waals surface area contributed by atoms with Gasteiger partial charge in [-0.25, -0.2) is 15.6 Å². The van der Waals surface area contributed by atoms with E-state index >= 15 is 0 Å². The summed E-state index contributed by atoms with van der Waals surface area (Å²) < 4.78 is 7.58. The van der Waals surface area contributed by atoms with E-state index in [1.54, 1.807) is 12.1 Å². The minimum atomic E-state index is -0.376. The number of nitrogens with one attached hydrogen (secondary N) is 1. The molecule has 0 aliphatic heterocycles. The third-order valence-electron chi connectivity index (χ3n) is 4.64. The summed E-state index contributed by atoms with van der Waals surface area (Å²) >= 11 is 0.